The van der Waals surface area contributed by atoms with E-state index < -0.39 is 11.7 Å². The predicted octanol–water partition coefficient (Wildman–Crippen LogP) is -0.232. The van der Waals surface area contributed by atoms with Crippen molar-refractivity contribution in [1.82, 2.24) is 10.2 Å². The van der Waals surface area contributed by atoms with Crippen LogP contribution >= 0.6 is 0 Å². The number of rotatable bonds is 4. The number of carbonyl (C=O) groups excluding carboxylic acids is 2. The summed E-state index contributed by atoms with van der Waals surface area (Å²) in [6, 6.07) is 3.67. The van der Waals surface area contributed by atoms with E-state index in [-0.39, 0.29) is 18.0 Å². The molecule has 0 saturated carbocycles. The lowest BCUT2D eigenvalue weighted by Gasteiger charge is -2.27. The highest BCUT2D eigenvalue weighted by Crippen LogP contribution is 2.16. The summed E-state index contributed by atoms with van der Waals surface area (Å²) >= 11 is 0. The zero-order chi connectivity index (χ0) is 14.5. The molecule has 1 fully saturated rings. The number of primary amides is 1. The molecule has 0 aromatic heterocycles. The Labute approximate surface area is 116 Å². The van der Waals surface area contributed by atoms with Gasteiger partial charge in [-0.1, -0.05) is 0 Å². The Morgan fingerprint density at radius 2 is 2.05 bits per heavy atom. The smallest absolute Gasteiger partial charge is 0.250 e. The molecule has 2 amide bonds. The first kappa shape index (κ1) is 14.3. The van der Waals surface area contributed by atoms with Crippen LogP contribution < -0.4 is 16.4 Å². The molecule has 20 heavy (non-hydrogen) atoms. The van der Waals surface area contributed by atoms with Gasteiger partial charge < -0.3 is 21.3 Å². The Balaban J connectivity index is 1.99. The molecule has 0 spiro atoms. The first-order valence-corrected chi connectivity index (χ1v) is 6.39. The number of anilines is 1. The van der Waals surface area contributed by atoms with Gasteiger partial charge in [-0.25, -0.2) is 4.39 Å². The normalized spacial score (nSPS) is 14.9. The summed E-state index contributed by atoms with van der Waals surface area (Å²) in [7, 11) is 0. The van der Waals surface area contributed by atoms with E-state index in [1.807, 2.05) is 0 Å². The van der Waals surface area contributed by atoms with Gasteiger partial charge in [0.15, 0.2) is 0 Å². The van der Waals surface area contributed by atoms with Crippen LogP contribution in [0.5, 0.6) is 0 Å². The second-order valence-electron chi connectivity index (χ2n) is 4.54. The first-order chi connectivity index (χ1) is 9.58. The zero-order valence-corrected chi connectivity index (χ0v) is 11.0. The lowest BCUT2D eigenvalue weighted by molar-refractivity contribution is -0.129. The van der Waals surface area contributed by atoms with E-state index in [0.29, 0.717) is 18.8 Å². The van der Waals surface area contributed by atoms with Gasteiger partial charge in [0.05, 0.1) is 12.1 Å². The minimum Gasteiger partial charge on any atom is -0.376 e. The van der Waals surface area contributed by atoms with Gasteiger partial charge >= 0.3 is 0 Å². The number of hydrogen-bond acceptors (Lipinski definition) is 4. The standard InChI is InChI=1S/C13H17FN4O2/c14-9-1-2-11(10(7-9)13(15)20)17-8-12(19)18-5-3-16-4-6-18/h1-2,7,16-17H,3-6,8H2,(H2,15,20). The van der Waals surface area contributed by atoms with Gasteiger partial charge in [0, 0.05) is 31.9 Å². The van der Waals surface area contributed by atoms with Gasteiger partial charge in [0.2, 0.25) is 5.91 Å². The summed E-state index contributed by atoms with van der Waals surface area (Å²) in [5.74, 6) is -1.34. The van der Waals surface area contributed by atoms with E-state index in [1.54, 1.807) is 4.90 Å². The number of amides is 2. The molecule has 1 heterocycles. The van der Waals surface area contributed by atoms with Crippen LogP contribution in [0.2, 0.25) is 0 Å². The molecule has 0 radical (unpaired) electrons. The summed E-state index contributed by atoms with van der Waals surface area (Å²) in [5, 5.41) is 6.00. The second-order valence-corrected chi connectivity index (χ2v) is 4.54. The molecular weight excluding hydrogens is 263 g/mol. The minimum atomic E-state index is -0.735. The van der Waals surface area contributed by atoms with Crippen molar-refractivity contribution in [1.29, 1.82) is 0 Å². The third-order valence-electron chi connectivity index (χ3n) is 3.15. The quantitative estimate of drug-likeness (QED) is 0.711. The molecule has 0 aliphatic carbocycles. The Morgan fingerprint density at radius 3 is 2.70 bits per heavy atom. The summed E-state index contributed by atoms with van der Waals surface area (Å²) in [6.07, 6.45) is 0. The fourth-order valence-electron chi connectivity index (χ4n) is 2.07. The highest BCUT2D eigenvalue weighted by atomic mass is 19.1. The number of nitrogens with zero attached hydrogens (tertiary/aromatic N) is 1. The van der Waals surface area contributed by atoms with Crippen LogP contribution in [0.4, 0.5) is 10.1 Å². The number of benzene rings is 1. The summed E-state index contributed by atoms with van der Waals surface area (Å²) in [6.45, 7) is 2.91. The molecule has 1 saturated heterocycles. The Kier molecular flexibility index (Phi) is 4.52. The number of carbonyl (C=O) groups is 2. The van der Waals surface area contributed by atoms with Gasteiger partial charge in [-0.15, -0.1) is 0 Å². The topological polar surface area (TPSA) is 87.5 Å². The Bertz CT molecular complexity index is 515. The van der Waals surface area contributed by atoms with Crippen LogP contribution in [0.1, 0.15) is 10.4 Å². The molecule has 0 atom stereocenters. The number of piperazine rings is 1. The van der Waals surface area contributed by atoms with Gasteiger partial charge in [-0.3, -0.25) is 9.59 Å². The number of halogens is 1. The van der Waals surface area contributed by atoms with Crippen molar-refractivity contribution in [3.8, 4) is 0 Å². The highest BCUT2D eigenvalue weighted by Gasteiger charge is 2.17. The molecule has 1 aliphatic rings. The van der Waals surface area contributed by atoms with Gasteiger partial charge in [0.25, 0.3) is 5.91 Å². The van der Waals surface area contributed by atoms with Crippen molar-refractivity contribution in [2.24, 2.45) is 5.73 Å². The van der Waals surface area contributed by atoms with Crippen molar-refractivity contribution in [2.45, 2.75) is 0 Å². The van der Waals surface area contributed by atoms with E-state index in [0.717, 1.165) is 19.2 Å². The first-order valence-electron chi connectivity index (χ1n) is 6.39. The molecule has 1 aromatic carbocycles. The molecule has 4 N–H and O–H groups in total. The number of hydrogen-bond donors (Lipinski definition) is 3. The molecule has 2 rings (SSSR count). The third-order valence-corrected chi connectivity index (χ3v) is 3.15. The largest absolute Gasteiger partial charge is 0.376 e. The SMILES string of the molecule is NC(=O)c1cc(F)ccc1NCC(=O)N1CCNCC1. The average molecular weight is 280 g/mol. The van der Waals surface area contributed by atoms with Gasteiger partial charge in [-0.2, -0.15) is 0 Å². The fraction of sp³-hybridized carbons (Fsp3) is 0.385. The molecule has 1 aromatic rings. The maximum absolute atomic E-state index is 13.1. The van der Waals surface area contributed by atoms with E-state index in [2.05, 4.69) is 10.6 Å². The van der Waals surface area contributed by atoms with Crippen LogP contribution in [0.3, 0.4) is 0 Å². The summed E-state index contributed by atoms with van der Waals surface area (Å²) < 4.78 is 13.1. The fourth-order valence-corrected chi connectivity index (χ4v) is 2.07. The Hall–Kier alpha value is -2.15. The lowest BCUT2D eigenvalue weighted by atomic mass is 10.1. The molecular formula is C13H17FN4O2. The molecule has 7 heteroatoms. The average Bonchev–Trinajstić information content (AvgIpc) is 2.46. The molecule has 0 bridgehead atoms. The summed E-state index contributed by atoms with van der Waals surface area (Å²) in [5.41, 5.74) is 5.59. The van der Waals surface area contributed by atoms with Crippen molar-refractivity contribution >= 4 is 17.5 Å². The van der Waals surface area contributed by atoms with Crippen molar-refractivity contribution in [3.05, 3.63) is 29.6 Å². The third kappa shape index (κ3) is 3.45. The molecule has 108 valence electrons. The van der Waals surface area contributed by atoms with Crippen molar-refractivity contribution in [3.63, 3.8) is 0 Å². The van der Waals surface area contributed by atoms with Crippen LogP contribution in [0.15, 0.2) is 18.2 Å². The maximum atomic E-state index is 13.1. The second kappa shape index (κ2) is 6.33. The lowest BCUT2D eigenvalue weighted by Crippen LogP contribution is -2.48. The van der Waals surface area contributed by atoms with E-state index in [1.165, 1.54) is 12.1 Å². The van der Waals surface area contributed by atoms with Gasteiger partial charge in [0.1, 0.15) is 5.82 Å². The highest BCUT2D eigenvalue weighted by molar-refractivity contribution is 5.99. The molecule has 0 unspecified atom stereocenters. The van der Waals surface area contributed by atoms with Gasteiger partial charge in [-0.05, 0) is 18.2 Å². The van der Waals surface area contributed by atoms with Crippen LogP contribution in [-0.4, -0.2) is 49.4 Å². The predicted molar refractivity (Wildman–Crippen MR) is 72.9 cm³/mol. The van der Waals surface area contributed by atoms with E-state index in [4.69, 9.17) is 5.73 Å². The summed E-state index contributed by atoms with van der Waals surface area (Å²) in [4.78, 5) is 24.9. The number of nitrogens with two attached hydrogens (primary N) is 1. The van der Waals surface area contributed by atoms with Crippen molar-refractivity contribution in [2.75, 3.05) is 38.0 Å². The van der Waals surface area contributed by atoms with Crippen LogP contribution in [0.25, 0.3) is 0 Å². The number of nitrogens with one attached hydrogen (secondary N) is 2. The van der Waals surface area contributed by atoms with E-state index >= 15 is 0 Å². The maximum Gasteiger partial charge on any atom is 0.250 e. The minimum absolute atomic E-state index is 0.0399. The zero-order valence-electron chi connectivity index (χ0n) is 11.0. The van der Waals surface area contributed by atoms with E-state index in [9.17, 15) is 14.0 Å². The van der Waals surface area contributed by atoms with Crippen LogP contribution in [0, 0.1) is 5.82 Å². The van der Waals surface area contributed by atoms with Crippen LogP contribution in [-0.2, 0) is 4.79 Å². The van der Waals surface area contributed by atoms with Crippen molar-refractivity contribution < 1.29 is 14.0 Å². The monoisotopic (exact) mass is 280 g/mol. The molecule has 1 aliphatic heterocycles. The molecule has 6 nitrogen and oxygen atoms in total. The Morgan fingerprint density at radius 1 is 1.35 bits per heavy atom.